The fourth-order valence-electron chi connectivity index (χ4n) is 10.8. The maximum atomic E-state index is 11.6. The molecule has 0 aromatic heterocycles. The smallest absolute Gasteiger partial charge is 0.0649 e. The summed E-state index contributed by atoms with van der Waals surface area (Å²) in [4.78, 5) is 0. The average Bonchev–Trinajstić information content (AvgIpc) is 2.94. The van der Waals surface area contributed by atoms with Gasteiger partial charge in [-0.1, -0.05) is 75.2 Å². The minimum atomic E-state index is -0.372. The highest BCUT2D eigenvalue weighted by atomic mass is 16.5. The third-order valence-electron chi connectivity index (χ3n) is 13.8. The quantitative estimate of drug-likeness (QED) is 0.227. The van der Waals surface area contributed by atoms with Crippen molar-refractivity contribution < 1.29 is 14.9 Å². The maximum absolute atomic E-state index is 11.6. The summed E-state index contributed by atoms with van der Waals surface area (Å²) in [6, 6.07) is 0. The van der Waals surface area contributed by atoms with E-state index < -0.39 is 0 Å². The normalized spacial score (nSPS) is 51.2. The van der Waals surface area contributed by atoms with Crippen molar-refractivity contribution in [1.82, 2.24) is 16.0 Å². The lowest BCUT2D eigenvalue weighted by Crippen LogP contribution is -2.74. The van der Waals surface area contributed by atoms with Crippen molar-refractivity contribution in [3.8, 4) is 0 Å². The Balaban J connectivity index is 1.21. The van der Waals surface area contributed by atoms with E-state index in [1.807, 2.05) is 0 Å². The van der Waals surface area contributed by atoms with Crippen molar-refractivity contribution in [1.29, 1.82) is 0 Å². The monoisotopic (exact) mass is 618 g/mol. The largest absolute Gasteiger partial charge is 0.393 e. The molecule has 256 valence electrons. The van der Waals surface area contributed by atoms with Crippen LogP contribution in [-0.4, -0.2) is 53.6 Å². The van der Waals surface area contributed by atoms with Crippen LogP contribution in [0, 0.1) is 70.5 Å². The van der Waals surface area contributed by atoms with Gasteiger partial charge in [0.1, 0.15) is 0 Å². The van der Waals surface area contributed by atoms with Crippen LogP contribution in [0.25, 0.3) is 0 Å². The lowest BCUT2D eigenvalue weighted by atomic mass is 9.61. The zero-order valence-electron chi connectivity index (χ0n) is 29.9. The standard InChI is InChI=1S/C38H71N3O3/c1-21-10-13-28(23(3)16-21)35-39-36(29-14-11-22(2)17-24(29)4)41-37(40-35)30-15-12-27(19-33(30)42)44-20-31-25(5)18-32(38(7,8)9)34(43)26(31)6/h21-37,39-43H,10-20H2,1-9H3. The number of hydrogen-bond donors (Lipinski definition) is 5. The van der Waals surface area contributed by atoms with Gasteiger partial charge >= 0.3 is 0 Å². The molecule has 1 heterocycles. The molecule has 44 heavy (non-hydrogen) atoms. The number of nitrogens with one attached hydrogen (secondary N) is 3. The summed E-state index contributed by atoms with van der Waals surface area (Å²) in [6.45, 7) is 21.8. The van der Waals surface area contributed by atoms with Crippen molar-refractivity contribution >= 4 is 0 Å². The highest BCUT2D eigenvalue weighted by Gasteiger charge is 2.47. The molecule has 4 saturated carbocycles. The van der Waals surface area contributed by atoms with Gasteiger partial charge in [0.2, 0.25) is 0 Å². The first kappa shape index (κ1) is 35.1. The summed E-state index contributed by atoms with van der Waals surface area (Å²) in [7, 11) is 0. The number of hydrogen-bond acceptors (Lipinski definition) is 6. The first-order chi connectivity index (χ1) is 20.7. The Kier molecular flexibility index (Phi) is 11.5. The van der Waals surface area contributed by atoms with E-state index in [-0.39, 0.29) is 41.7 Å². The predicted octanol–water partition coefficient (Wildman–Crippen LogP) is 6.75. The Morgan fingerprint density at radius 2 is 1.11 bits per heavy atom. The van der Waals surface area contributed by atoms with Gasteiger partial charge in [-0.2, -0.15) is 0 Å². The zero-order valence-corrected chi connectivity index (χ0v) is 29.9. The lowest BCUT2D eigenvalue weighted by molar-refractivity contribution is -0.114. The van der Waals surface area contributed by atoms with E-state index in [1.54, 1.807) is 0 Å². The predicted molar refractivity (Wildman–Crippen MR) is 181 cm³/mol. The molecule has 16 atom stereocenters. The second kappa shape index (κ2) is 14.5. The molecule has 4 aliphatic carbocycles. The van der Waals surface area contributed by atoms with Crippen LogP contribution in [0.15, 0.2) is 0 Å². The Morgan fingerprint density at radius 3 is 1.59 bits per heavy atom. The summed E-state index contributed by atoms with van der Waals surface area (Å²) in [5.41, 5.74) is 0.117. The molecule has 5 rings (SSSR count). The number of rotatable bonds is 6. The van der Waals surface area contributed by atoms with Gasteiger partial charge in [0.15, 0.2) is 0 Å². The SMILES string of the molecule is CC1CCC(C2NC(C3CCC(C)CC3C)NC(C3CCC(OCC4C(C)CC(C(C)(C)C)C(O)C4C)CC3O)N2)C(C)C1. The molecule has 0 aromatic rings. The van der Waals surface area contributed by atoms with Gasteiger partial charge in [-0.25, -0.2) is 0 Å². The van der Waals surface area contributed by atoms with Crippen molar-refractivity contribution in [3.05, 3.63) is 0 Å². The fraction of sp³-hybridized carbons (Fsp3) is 1.00. The minimum absolute atomic E-state index is 0.103. The van der Waals surface area contributed by atoms with Crippen LogP contribution in [0.4, 0.5) is 0 Å². The topological polar surface area (TPSA) is 85.8 Å². The third-order valence-corrected chi connectivity index (χ3v) is 13.8. The van der Waals surface area contributed by atoms with Crippen molar-refractivity contribution in [2.24, 2.45) is 70.5 Å². The highest BCUT2D eigenvalue weighted by Crippen LogP contribution is 2.46. The Labute approximate surface area is 271 Å². The molecular formula is C38H71N3O3. The van der Waals surface area contributed by atoms with Gasteiger partial charge in [-0.15, -0.1) is 0 Å². The molecule has 6 heteroatoms. The third kappa shape index (κ3) is 7.89. The first-order valence-electron chi connectivity index (χ1n) is 19.0. The van der Waals surface area contributed by atoms with Crippen LogP contribution < -0.4 is 16.0 Å². The van der Waals surface area contributed by atoms with Gasteiger partial charge < -0.3 is 14.9 Å². The van der Waals surface area contributed by atoms with E-state index >= 15 is 0 Å². The van der Waals surface area contributed by atoms with Crippen LogP contribution in [-0.2, 0) is 4.74 Å². The van der Waals surface area contributed by atoms with Gasteiger partial charge in [0, 0.05) is 5.92 Å². The van der Waals surface area contributed by atoms with Crippen LogP contribution in [0.5, 0.6) is 0 Å². The van der Waals surface area contributed by atoms with Gasteiger partial charge in [-0.05, 0) is 116 Å². The highest BCUT2D eigenvalue weighted by molar-refractivity contribution is 4.99. The van der Waals surface area contributed by atoms with Gasteiger partial charge in [0.25, 0.3) is 0 Å². The lowest BCUT2D eigenvalue weighted by Gasteiger charge is -2.52. The molecule has 6 nitrogen and oxygen atoms in total. The molecule has 16 unspecified atom stereocenters. The van der Waals surface area contributed by atoms with E-state index in [0.717, 1.165) is 31.1 Å². The van der Waals surface area contributed by atoms with E-state index in [1.165, 1.54) is 38.5 Å². The Bertz CT molecular complexity index is 876. The molecule has 1 aliphatic heterocycles. The molecule has 0 aromatic carbocycles. The van der Waals surface area contributed by atoms with Crippen molar-refractivity contribution in [2.45, 2.75) is 163 Å². The second-order valence-corrected chi connectivity index (χ2v) is 18.3. The second-order valence-electron chi connectivity index (χ2n) is 18.3. The number of aliphatic hydroxyl groups is 2. The summed E-state index contributed by atoms with van der Waals surface area (Å²) in [5.74, 6) is 6.02. The Hall–Kier alpha value is -0.240. The molecule has 1 saturated heterocycles. The minimum Gasteiger partial charge on any atom is -0.393 e. The van der Waals surface area contributed by atoms with E-state index in [9.17, 15) is 10.2 Å². The number of aliphatic hydroxyl groups excluding tert-OH is 2. The molecule has 0 amide bonds. The van der Waals surface area contributed by atoms with Gasteiger partial charge in [0.05, 0.1) is 43.4 Å². The summed E-state index contributed by atoms with van der Waals surface area (Å²) < 4.78 is 6.60. The summed E-state index contributed by atoms with van der Waals surface area (Å²) in [6.07, 6.45) is 11.8. The molecule has 5 aliphatic rings. The first-order valence-corrected chi connectivity index (χ1v) is 19.0. The molecular weight excluding hydrogens is 546 g/mol. The van der Waals surface area contributed by atoms with Gasteiger partial charge in [-0.3, -0.25) is 16.0 Å². The van der Waals surface area contributed by atoms with Crippen LogP contribution in [0.2, 0.25) is 0 Å². The van der Waals surface area contributed by atoms with E-state index in [0.29, 0.717) is 66.8 Å². The van der Waals surface area contributed by atoms with Crippen LogP contribution in [0.3, 0.4) is 0 Å². The zero-order chi connectivity index (χ0) is 31.9. The fourth-order valence-corrected chi connectivity index (χ4v) is 10.8. The molecule has 0 bridgehead atoms. The Morgan fingerprint density at radius 1 is 0.614 bits per heavy atom. The maximum Gasteiger partial charge on any atom is 0.0649 e. The van der Waals surface area contributed by atoms with Crippen LogP contribution in [0.1, 0.15) is 127 Å². The molecule has 5 N–H and O–H groups in total. The van der Waals surface area contributed by atoms with E-state index in [2.05, 4.69) is 78.3 Å². The van der Waals surface area contributed by atoms with E-state index in [4.69, 9.17) is 4.74 Å². The van der Waals surface area contributed by atoms with Crippen molar-refractivity contribution in [2.75, 3.05) is 6.61 Å². The van der Waals surface area contributed by atoms with Crippen molar-refractivity contribution in [3.63, 3.8) is 0 Å². The number of ether oxygens (including phenoxy) is 1. The van der Waals surface area contributed by atoms with Crippen LogP contribution >= 0.6 is 0 Å². The molecule has 5 fully saturated rings. The molecule has 0 radical (unpaired) electrons. The average molecular weight is 618 g/mol. The summed E-state index contributed by atoms with van der Waals surface area (Å²) >= 11 is 0. The summed E-state index contributed by atoms with van der Waals surface area (Å²) in [5, 5.41) is 35.0. The molecule has 0 spiro atoms.